The molecule has 18 heavy (non-hydrogen) atoms. The predicted octanol–water partition coefficient (Wildman–Crippen LogP) is 5.82. The average molecular weight is 256 g/mol. The first-order valence-electron chi connectivity index (χ1n) is 7.81. The molecule has 110 valence electrons. The highest BCUT2D eigenvalue weighted by Gasteiger charge is 2.35. The molecule has 0 fully saturated rings. The second-order valence-corrected chi connectivity index (χ2v) is 7.75. The summed E-state index contributed by atoms with van der Waals surface area (Å²) in [6.07, 6.45) is 8.33. The molecular weight excluding hydrogens is 220 g/mol. The highest BCUT2D eigenvalue weighted by atomic mass is 16.5. The molecule has 0 aromatic heterocycles. The van der Waals surface area contributed by atoms with Crippen LogP contribution in [-0.4, -0.2) is 12.7 Å². The van der Waals surface area contributed by atoms with Gasteiger partial charge in [0, 0.05) is 6.61 Å². The third-order valence-corrected chi connectivity index (χ3v) is 3.36. The fourth-order valence-electron chi connectivity index (χ4n) is 2.88. The van der Waals surface area contributed by atoms with Gasteiger partial charge in [-0.2, -0.15) is 0 Å². The van der Waals surface area contributed by atoms with Crippen molar-refractivity contribution in [2.45, 2.75) is 93.1 Å². The van der Waals surface area contributed by atoms with Gasteiger partial charge in [0.15, 0.2) is 0 Å². The van der Waals surface area contributed by atoms with Crippen LogP contribution in [0.4, 0.5) is 0 Å². The van der Waals surface area contributed by atoms with Gasteiger partial charge in [-0.3, -0.25) is 0 Å². The van der Waals surface area contributed by atoms with Crippen LogP contribution in [0.5, 0.6) is 0 Å². The van der Waals surface area contributed by atoms with E-state index in [1.54, 1.807) is 0 Å². The Bertz CT molecular complexity index is 181. The first kappa shape index (κ1) is 18.0. The number of unbranched alkanes of at least 4 members (excludes halogenated alkanes) is 5. The van der Waals surface area contributed by atoms with Crippen molar-refractivity contribution in [2.75, 3.05) is 6.61 Å². The third kappa shape index (κ3) is 8.13. The summed E-state index contributed by atoms with van der Waals surface area (Å²) in [7, 11) is 0. The van der Waals surface area contributed by atoms with E-state index in [2.05, 4.69) is 48.5 Å². The van der Waals surface area contributed by atoms with Gasteiger partial charge in [-0.1, -0.05) is 80.6 Å². The number of ether oxygens (including phenoxy) is 1. The molecule has 0 unspecified atom stereocenters. The molecule has 1 heteroatoms. The van der Waals surface area contributed by atoms with Crippen LogP contribution in [0, 0.1) is 10.8 Å². The van der Waals surface area contributed by atoms with Gasteiger partial charge in [0.2, 0.25) is 0 Å². The zero-order chi connectivity index (χ0) is 14.2. The second-order valence-electron chi connectivity index (χ2n) is 7.75. The molecule has 0 aromatic rings. The SMILES string of the molecule is CCCCCCCCOC(C(C)(C)C)C(C)(C)C. The van der Waals surface area contributed by atoms with Gasteiger partial charge in [0.05, 0.1) is 6.10 Å². The first-order valence-corrected chi connectivity index (χ1v) is 7.81. The highest BCUT2D eigenvalue weighted by Crippen LogP contribution is 2.36. The van der Waals surface area contributed by atoms with Crippen LogP contribution in [-0.2, 0) is 4.74 Å². The van der Waals surface area contributed by atoms with E-state index in [4.69, 9.17) is 4.74 Å². The Hall–Kier alpha value is -0.0400. The minimum atomic E-state index is 0.223. The highest BCUT2D eigenvalue weighted by molar-refractivity contribution is 4.84. The van der Waals surface area contributed by atoms with Crippen LogP contribution in [0.3, 0.4) is 0 Å². The molecule has 0 rings (SSSR count). The Morgan fingerprint density at radius 3 is 1.61 bits per heavy atom. The summed E-state index contributed by atoms with van der Waals surface area (Å²) in [4.78, 5) is 0. The maximum absolute atomic E-state index is 6.18. The topological polar surface area (TPSA) is 9.23 Å². The smallest absolute Gasteiger partial charge is 0.0671 e. The lowest BCUT2D eigenvalue weighted by atomic mass is 9.74. The standard InChI is InChI=1S/C17H36O/c1-8-9-10-11-12-13-14-18-15(16(2,3)4)17(5,6)7/h15H,8-14H2,1-7H3. The van der Waals surface area contributed by atoms with E-state index in [1.807, 2.05) is 0 Å². The zero-order valence-corrected chi connectivity index (χ0v) is 13.9. The monoisotopic (exact) mass is 256 g/mol. The lowest BCUT2D eigenvalue weighted by molar-refractivity contribution is -0.0827. The van der Waals surface area contributed by atoms with Gasteiger partial charge in [-0.05, 0) is 17.3 Å². The quantitative estimate of drug-likeness (QED) is 0.497. The molecule has 0 aliphatic carbocycles. The minimum absolute atomic E-state index is 0.223. The minimum Gasteiger partial charge on any atom is -0.377 e. The van der Waals surface area contributed by atoms with E-state index in [9.17, 15) is 0 Å². The molecule has 0 saturated carbocycles. The second kappa shape index (κ2) is 8.19. The lowest BCUT2D eigenvalue weighted by Crippen LogP contribution is -2.40. The number of hydrogen-bond donors (Lipinski definition) is 0. The van der Waals surface area contributed by atoms with E-state index in [-0.39, 0.29) is 10.8 Å². The van der Waals surface area contributed by atoms with Crippen LogP contribution >= 0.6 is 0 Å². The maximum Gasteiger partial charge on any atom is 0.0671 e. The summed E-state index contributed by atoms with van der Waals surface area (Å²) in [5.74, 6) is 0. The molecule has 0 aromatic carbocycles. The molecule has 0 aliphatic rings. The van der Waals surface area contributed by atoms with Crippen molar-refractivity contribution < 1.29 is 4.74 Å². The van der Waals surface area contributed by atoms with Crippen molar-refractivity contribution in [3.8, 4) is 0 Å². The van der Waals surface area contributed by atoms with E-state index >= 15 is 0 Å². The Labute approximate surface area is 116 Å². The summed E-state index contributed by atoms with van der Waals surface area (Å²) in [5, 5.41) is 0. The molecule has 0 aliphatic heterocycles. The number of rotatable bonds is 8. The Kier molecular flexibility index (Phi) is 8.18. The van der Waals surface area contributed by atoms with Gasteiger partial charge in [-0.25, -0.2) is 0 Å². The van der Waals surface area contributed by atoms with Crippen molar-refractivity contribution in [3.63, 3.8) is 0 Å². The largest absolute Gasteiger partial charge is 0.377 e. The van der Waals surface area contributed by atoms with Crippen LogP contribution < -0.4 is 0 Å². The molecule has 0 saturated heterocycles. The molecule has 0 bridgehead atoms. The Morgan fingerprint density at radius 1 is 0.722 bits per heavy atom. The average Bonchev–Trinajstić information content (AvgIpc) is 2.18. The molecule has 0 amide bonds. The first-order chi connectivity index (χ1) is 8.19. The molecule has 0 atom stereocenters. The summed E-state index contributed by atoms with van der Waals surface area (Å²) in [6.45, 7) is 16.9. The third-order valence-electron chi connectivity index (χ3n) is 3.36. The molecule has 0 spiro atoms. The fraction of sp³-hybridized carbons (Fsp3) is 1.00. The van der Waals surface area contributed by atoms with Crippen molar-refractivity contribution in [1.82, 2.24) is 0 Å². The lowest BCUT2D eigenvalue weighted by Gasteiger charge is -2.40. The van der Waals surface area contributed by atoms with Gasteiger partial charge in [-0.15, -0.1) is 0 Å². The molecule has 1 nitrogen and oxygen atoms in total. The normalized spacial score (nSPS) is 13.3. The van der Waals surface area contributed by atoms with E-state index in [0.29, 0.717) is 6.10 Å². The molecule has 0 heterocycles. The van der Waals surface area contributed by atoms with Gasteiger partial charge < -0.3 is 4.74 Å². The van der Waals surface area contributed by atoms with E-state index in [0.717, 1.165) is 6.61 Å². The van der Waals surface area contributed by atoms with Gasteiger partial charge in [0.25, 0.3) is 0 Å². The van der Waals surface area contributed by atoms with Crippen LogP contribution in [0.2, 0.25) is 0 Å². The van der Waals surface area contributed by atoms with Crippen LogP contribution in [0.25, 0.3) is 0 Å². The van der Waals surface area contributed by atoms with Crippen molar-refractivity contribution >= 4 is 0 Å². The molecule has 0 N–H and O–H groups in total. The van der Waals surface area contributed by atoms with Crippen LogP contribution in [0.15, 0.2) is 0 Å². The number of hydrogen-bond acceptors (Lipinski definition) is 1. The summed E-state index contributed by atoms with van der Waals surface area (Å²) < 4.78 is 6.18. The fourth-order valence-corrected chi connectivity index (χ4v) is 2.88. The summed E-state index contributed by atoms with van der Waals surface area (Å²) >= 11 is 0. The Balaban J connectivity index is 3.86. The van der Waals surface area contributed by atoms with E-state index < -0.39 is 0 Å². The molecular formula is C17H36O. The zero-order valence-electron chi connectivity index (χ0n) is 13.9. The van der Waals surface area contributed by atoms with Crippen LogP contribution in [0.1, 0.15) is 87.0 Å². The van der Waals surface area contributed by atoms with Crippen molar-refractivity contribution in [1.29, 1.82) is 0 Å². The summed E-state index contributed by atoms with van der Waals surface area (Å²) in [5.41, 5.74) is 0.445. The van der Waals surface area contributed by atoms with Gasteiger partial charge >= 0.3 is 0 Å². The molecule has 0 radical (unpaired) electrons. The van der Waals surface area contributed by atoms with Gasteiger partial charge in [0.1, 0.15) is 0 Å². The predicted molar refractivity (Wildman–Crippen MR) is 82.0 cm³/mol. The van der Waals surface area contributed by atoms with E-state index in [1.165, 1.54) is 38.5 Å². The van der Waals surface area contributed by atoms with Crippen molar-refractivity contribution in [3.05, 3.63) is 0 Å². The van der Waals surface area contributed by atoms with Crippen molar-refractivity contribution in [2.24, 2.45) is 10.8 Å². The summed E-state index contributed by atoms with van der Waals surface area (Å²) in [6, 6.07) is 0. The maximum atomic E-state index is 6.18. The Morgan fingerprint density at radius 2 is 1.17 bits per heavy atom.